The molecule has 1 aliphatic carbocycles. The van der Waals surface area contributed by atoms with Crippen LogP contribution in [0.4, 0.5) is 4.79 Å². The van der Waals surface area contributed by atoms with Crippen molar-refractivity contribution in [2.75, 3.05) is 13.2 Å². The molecule has 1 saturated heterocycles. The fraction of sp³-hybridized carbons (Fsp3) is 0.400. The van der Waals surface area contributed by atoms with Gasteiger partial charge < -0.3 is 20.1 Å². The van der Waals surface area contributed by atoms with Crippen LogP contribution < -0.4 is 5.32 Å². The number of rotatable bonds is 6. The van der Waals surface area contributed by atoms with Crippen molar-refractivity contribution in [3.05, 3.63) is 59.7 Å². The normalized spacial score (nSPS) is 19.3. The topological polar surface area (TPSA) is 95.9 Å². The third-order valence-corrected chi connectivity index (χ3v) is 6.49. The van der Waals surface area contributed by atoms with Crippen molar-refractivity contribution < 1.29 is 24.2 Å². The molecule has 2 aromatic rings. The zero-order chi connectivity index (χ0) is 23.0. The minimum Gasteiger partial charge on any atom is -0.480 e. The van der Waals surface area contributed by atoms with E-state index in [2.05, 4.69) is 17.4 Å². The lowest BCUT2D eigenvalue weighted by atomic mass is 9.74. The number of carbonyl (C=O) groups is 3. The van der Waals surface area contributed by atoms with E-state index >= 15 is 0 Å². The minimum atomic E-state index is -1.04. The van der Waals surface area contributed by atoms with E-state index in [0.717, 1.165) is 22.3 Å². The molecule has 1 heterocycles. The summed E-state index contributed by atoms with van der Waals surface area (Å²) in [7, 11) is 0. The Balaban J connectivity index is 1.41. The van der Waals surface area contributed by atoms with Crippen LogP contribution in [0.25, 0.3) is 11.1 Å². The number of nitrogens with zero attached hydrogens (tertiary/aromatic N) is 1. The highest BCUT2D eigenvalue weighted by Crippen LogP contribution is 2.44. The van der Waals surface area contributed by atoms with Gasteiger partial charge >= 0.3 is 12.1 Å². The number of hydrogen-bond acceptors (Lipinski definition) is 4. The van der Waals surface area contributed by atoms with E-state index in [4.69, 9.17) is 4.74 Å². The van der Waals surface area contributed by atoms with E-state index in [1.54, 1.807) is 6.92 Å². The van der Waals surface area contributed by atoms with Gasteiger partial charge in [-0.3, -0.25) is 4.79 Å². The Labute approximate surface area is 187 Å². The van der Waals surface area contributed by atoms with Crippen LogP contribution in [0.1, 0.15) is 44.2 Å². The third-order valence-electron chi connectivity index (χ3n) is 6.49. The fourth-order valence-electron chi connectivity index (χ4n) is 4.92. The van der Waals surface area contributed by atoms with E-state index in [-0.39, 0.29) is 12.5 Å². The van der Waals surface area contributed by atoms with Gasteiger partial charge in [-0.1, -0.05) is 69.3 Å². The van der Waals surface area contributed by atoms with Gasteiger partial charge in [-0.15, -0.1) is 0 Å². The quantitative estimate of drug-likeness (QED) is 0.721. The Kier molecular flexibility index (Phi) is 5.67. The SMILES string of the molecule is CCC(NC(=O)OCC1c2ccccc2-c2ccccc21)C(=O)N1CC(C)(C)C1C(=O)O. The molecular weight excluding hydrogens is 408 g/mol. The van der Waals surface area contributed by atoms with Crippen molar-refractivity contribution in [1.29, 1.82) is 0 Å². The minimum absolute atomic E-state index is 0.0727. The molecule has 2 atom stereocenters. The van der Waals surface area contributed by atoms with Crippen LogP contribution in [-0.4, -0.2) is 53.2 Å². The number of carbonyl (C=O) groups excluding carboxylic acids is 2. The number of nitrogens with one attached hydrogen (secondary N) is 1. The zero-order valence-corrected chi connectivity index (χ0v) is 18.5. The fourth-order valence-corrected chi connectivity index (χ4v) is 4.92. The number of fused-ring (bicyclic) bond motifs is 3. The molecule has 7 heteroatoms. The summed E-state index contributed by atoms with van der Waals surface area (Å²) in [6.45, 7) is 5.89. The first-order valence-electron chi connectivity index (χ1n) is 10.9. The zero-order valence-electron chi connectivity index (χ0n) is 18.5. The Morgan fingerprint density at radius 1 is 1.09 bits per heavy atom. The summed E-state index contributed by atoms with van der Waals surface area (Å²) >= 11 is 0. The van der Waals surface area contributed by atoms with E-state index in [1.807, 2.05) is 50.2 Å². The molecule has 0 spiro atoms. The lowest BCUT2D eigenvalue weighted by molar-refractivity contribution is -0.172. The number of hydrogen-bond donors (Lipinski definition) is 2. The molecule has 0 saturated carbocycles. The van der Waals surface area contributed by atoms with Crippen LogP contribution >= 0.6 is 0 Å². The summed E-state index contributed by atoms with van der Waals surface area (Å²) in [4.78, 5) is 38.3. The first-order chi connectivity index (χ1) is 15.2. The van der Waals surface area contributed by atoms with E-state index in [9.17, 15) is 19.5 Å². The average Bonchev–Trinajstić information content (AvgIpc) is 3.07. The van der Waals surface area contributed by atoms with Gasteiger partial charge in [0.2, 0.25) is 5.91 Å². The molecule has 7 nitrogen and oxygen atoms in total. The molecule has 32 heavy (non-hydrogen) atoms. The van der Waals surface area contributed by atoms with Crippen molar-refractivity contribution in [2.24, 2.45) is 5.41 Å². The maximum atomic E-state index is 12.9. The van der Waals surface area contributed by atoms with Crippen molar-refractivity contribution in [1.82, 2.24) is 10.2 Å². The standard InChI is InChI=1S/C25H28N2O5/c1-4-20(22(28)27-14-25(2,3)21(27)23(29)30)26-24(31)32-13-19-17-11-7-5-9-15(17)16-10-6-8-12-18(16)19/h5-12,19-21H,4,13-14H2,1-3H3,(H,26,31)(H,29,30). The first-order valence-corrected chi connectivity index (χ1v) is 10.9. The molecule has 1 fully saturated rings. The maximum absolute atomic E-state index is 12.9. The molecule has 168 valence electrons. The van der Waals surface area contributed by atoms with Crippen molar-refractivity contribution in [3.63, 3.8) is 0 Å². The Hall–Kier alpha value is -3.35. The van der Waals surface area contributed by atoms with Crippen LogP contribution in [0.5, 0.6) is 0 Å². The van der Waals surface area contributed by atoms with Crippen LogP contribution in [0.2, 0.25) is 0 Å². The number of aliphatic carboxylic acids is 1. The highest BCUT2D eigenvalue weighted by molar-refractivity contribution is 5.91. The Bertz CT molecular complexity index is 1020. The van der Waals surface area contributed by atoms with E-state index < -0.39 is 35.5 Å². The lowest BCUT2D eigenvalue weighted by Gasteiger charge is -2.52. The van der Waals surface area contributed by atoms with Gasteiger partial charge in [-0.05, 0) is 28.7 Å². The largest absolute Gasteiger partial charge is 0.480 e. The molecule has 2 amide bonds. The van der Waals surface area contributed by atoms with Crippen molar-refractivity contribution >= 4 is 18.0 Å². The number of amides is 2. The molecule has 0 aromatic heterocycles. The van der Waals surface area contributed by atoms with Crippen LogP contribution in [0.3, 0.4) is 0 Å². The summed E-state index contributed by atoms with van der Waals surface area (Å²) < 4.78 is 5.53. The van der Waals surface area contributed by atoms with Crippen LogP contribution in [0.15, 0.2) is 48.5 Å². The smallest absolute Gasteiger partial charge is 0.407 e. The lowest BCUT2D eigenvalue weighted by Crippen LogP contribution is -2.69. The van der Waals surface area contributed by atoms with Gasteiger partial charge in [0.05, 0.1) is 0 Å². The number of ether oxygens (including phenoxy) is 1. The molecule has 1 aliphatic heterocycles. The molecular formula is C25H28N2O5. The Morgan fingerprint density at radius 3 is 2.16 bits per heavy atom. The summed E-state index contributed by atoms with van der Waals surface area (Å²) in [6, 6.07) is 14.4. The second-order valence-electron chi connectivity index (χ2n) is 9.13. The molecule has 2 aromatic carbocycles. The number of benzene rings is 2. The van der Waals surface area contributed by atoms with Gasteiger partial charge in [-0.2, -0.15) is 0 Å². The highest BCUT2D eigenvalue weighted by atomic mass is 16.5. The van der Waals surface area contributed by atoms with Crippen LogP contribution in [0, 0.1) is 5.41 Å². The number of alkyl carbamates (subject to hydrolysis) is 1. The second kappa shape index (κ2) is 8.30. The molecule has 0 bridgehead atoms. The van der Waals surface area contributed by atoms with Crippen molar-refractivity contribution in [2.45, 2.75) is 45.2 Å². The highest BCUT2D eigenvalue weighted by Gasteiger charge is 2.53. The van der Waals surface area contributed by atoms with Crippen LogP contribution in [-0.2, 0) is 14.3 Å². The molecule has 0 radical (unpaired) electrons. The third kappa shape index (κ3) is 3.72. The summed E-state index contributed by atoms with van der Waals surface area (Å²) in [5.74, 6) is -1.50. The summed E-state index contributed by atoms with van der Waals surface area (Å²) in [6.07, 6.45) is -0.342. The number of likely N-dealkylation sites (tertiary alicyclic amines) is 1. The summed E-state index contributed by atoms with van der Waals surface area (Å²) in [5.41, 5.74) is 4.00. The average molecular weight is 437 g/mol. The van der Waals surface area contributed by atoms with E-state index in [1.165, 1.54) is 4.90 Å². The number of carboxylic acid groups (broad SMARTS) is 1. The number of carboxylic acids is 1. The molecule has 2 aliphatic rings. The van der Waals surface area contributed by atoms with Gasteiger partial charge in [-0.25, -0.2) is 9.59 Å². The summed E-state index contributed by atoms with van der Waals surface area (Å²) in [5, 5.41) is 12.1. The Morgan fingerprint density at radius 2 is 1.66 bits per heavy atom. The predicted octanol–water partition coefficient (Wildman–Crippen LogP) is 3.63. The van der Waals surface area contributed by atoms with Gasteiger partial charge in [0, 0.05) is 17.9 Å². The van der Waals surface area contributed by atoms with Gasteiger partial charge in [0.15, 0.2) is 0 Å². The second-order valence-corrected chi connectivity index (χ2v) is 9.13. The maximum Gasteiger partial charge on any atom is 0.407 e. The monoisotopic (exact) mass is 436 g/mol. The molecule has 2 N–H and O–H groups in total. The van der Waals surface area contributed by atoms with Crippen molar-refractivity contribution in [3.8, 4) is 11.1 Å². The molecule has 2 unspecified atom stereocenters. The molecule has 4 rings (SSSR count). The predicted molar refractivity (Wildman–Crippen MR) is 119 cm³/mol. The van der Waals surface area contributed by atoms with E-state index in [0.29, 0.717) is 13.0 Å². The van der Waals surface area contributed by atoms with Gasteiger partial charge in [0.25, 0.3) is 0 Å². The first kappa shape index (κ1) is 21.9. The van der Waals surface area contributed by atoms with Gasteiger partial charge in [0.1, 0.15) is 18.7 Å².